The van der Waals surface area contributed by atoms with Crippen LogP contribution in [0.2, 0.25) is 0 Å². The van der Waals surface area contributed by atoms with Crippen molar-refractivity contribution in [2.75, 3.05) is 11.9 Å². The van der Waals surface area contributed by atoms with Gasteiger partial charge in [0.1, 0.15) is 5.82 Å². The summed E-state index contributed by atoms with van der Waals surface area (Å²) in [6, 6.07) is 2.79. The van der Waals surface area contributed by atoms with E-state index in [2.05, 4.69) is 4.98 Å². The van der Waals surface area contributed by atoms with Gasteiger partial charge < -0.3 is 5.11 Å². The normalized spacial score (nSPS) is 11.1. The van der Waals surface area contributed by atoms with Crippen LogP contribution >= 0.6 is 0 Å². The fraction of sp³-hybridized carbons (Fsp3) is 0.462. The highest BCUT2D eigenvalue weighted by molar-refractivity contribution is 5.94. The predicted octanol–water partition coefficient (Wildman–Crippen LogP) is 2.18. The van der Waals surface area contributed by atoms with Crippen molar-refractivity contribution in [1.29, 1.82) is 0 Å². The number of hydrogen-bond acceptors (Lipinski definition) is 3. The SMILES string of the molecule is CN(C(=O)CC(C)(C)C)c1cc(C(=O)O)ccn1. The van der Waals surface area contributed by atoms with Crippen molar-refractivity contribution >= 4 is 17.7 Å². The van der Waals surface area contributed by atoms with Gasteiger partial charge in [-0.25, -0.2) is 9.78 Å². The highest BCUT2D eigenvalue weighted by Gasteiger charge is 2.20. The van der Waals surface area contributed by atoms with Gasteiger partial charge in [0, 0.05) is 19.7 Å². The molecule has 5 heteroatoms. The number of amides is 1. The molecule has 1 rings (SSSR count). The van der Waals surface area contributed by atoms with Crippen LogP contribution in [0.3, 0.4) is 0 Å². The molecule has 18 heavy (non-hydrogen) atoms. The second-order valence-electron chi connectivity index (χ2n) is 5.40. The van der Waals surface area contributed by atoms with Crippen LogP contribution in [0.25, 0.3) is 0 Å². The fourth-order valence-corrected chi connectivity index (χ4v) is 1.43. The molecule has 0 bridgehead atoms. The summed E-state index contributed by atoms with van der Waals surface area (Å²) >= 11 is 0. The van der Waals surface area contributed by atoms with Crippen molar-refractivity contribution < 1.29 is 14.7 Å². The summed E-state index contributed by atoms with van der Waals surface area (Å²) in [4.78, 5) is 28.2. The summed E-state index contributed by atoms with van der Waals surface area (Å²) in [5, 5.41) is 8.88. The minimum atomic E-state index is -1.03. The topological polar surface area (TPSA) is 70.5 Å². The highest BCUT2D eigenvalue weighted by Crippen LogP contribution is 2.21. The third-order valence-electron chi connectivity index (χ3n) is 2.39. The van der Waals surface area contributed by atoms with E-state index in [4.69, 9.17) is 5.11 Å². The summed E-state index contributed by atoms with van der Waals surface area (Å²) in [5.74, 6) is -0.767. The lowest BCUT2D eigenvalue weighted by Gasteiger charge is -2.22. The highest BCUT2D eigenvalue weighted by atomic mass is 16.4. The molecule has 0 radical (unpaired) electrons. The number of pyridine rings is 1. The van der Waals surface area contributed by atoms with Crippen LogP contribution in [0.15, 0.2) is 18.3 Å². The van der Waals surface area contributed by atoms with E-state index < -0.39 is 5.97 Å². The van der Waals surface area contributed by atoms with Crippen LogP contribution in [-0.4, -0.2) is 29.0 Å². The molecular formula is C13H18N2O3. The molecular weight excluding hydrogens is 232 g/mol. The number of carbonyl (C=O) groups is 2. The van der Waals surface area contributed by atoms with Crippen molar-refractivity contribution in [2.45, 2.75) is 27.2 Å². The number of carbonyl (C=O) groups excluding carboxylic acids is 1. The van der Waals surface area contributed by atoms with Gasteiger partial charge in [0.25, 0.3) is 0 Å². The van der Waals surface area contributed by atoms with Crippen LogP contribution in [0.5, 0.6) is 0 Å². The van der Waals surface area contributed by atoms with Crippen LogP contribution in [0, 0.1) is 5.41 Å². The van der Waals surface area contributed by atoms with Gasteiger partial charge in [-0.2, -0.15) is 0 Å². The summed E-state index contributed by atoms with van der Waals surface area (Å²) in [6.07, 6.45) is 1.77. The van der Waals surface area contributed by atoms with Crippen LogP contribution in [-0.2, 0) is 4.79 Å². The third kappa shape index (κ3) is 3.84. The molecule has 1 N–H and O–H groups in total. The Morgan fingerprint density at radius 2 is 2.00 bits per heavy atom. The molecule has 0 atom stereocenters. The Labute approximate surface area is 106 Å². The molecule has 1 amide bonds. The molecule has 0 unspecified atom stereocenters. The van der Waals surface area contributed by atoms with Crippen molar-refractivity contribution in [3.05, 3.63) is 23.9 Å². The Morgan fingerprint density at radius 3 is 2.50 bits per heavy atom. The average Bonchev–Trinajstić information content (AvgIpc) is 2.26. The van der Waals surface area contributed by atoms with Gasteiger partial charge in [-0.1, -0.05) is 20.8 Å². The Balaban J connectivity index is 2.90. The lowest BCUT2D eigenvalue weighted by Crippen LogP contribution is -2.30. The molecule has 0 aliphatic carbocycles. The van der Waals surface area contributed by atoms with Crippen molar-refractivity contribution in [1.82, 2.24) is 4.98 Å². The molecule has 0 spiro atoms. The van der Waals surface area contributed by atoms with Gasteiger partial charge >= 0.3 is 5.97 Å². The largest absolute Gasteiger partial charge is 0.478 e. The second kappa shape index (κ2) is 5.16. The van der Waals surface area contributed by atoms with Gasteiger partial charge in [0.05, 0.1) is 5.56 Å². The van der Waals surface area contributed by atoms with E-state index in [1.165, 1.54) is 23.2 Å². The molecule has 0 aliphatic heterocycles. The van der Waals surface area contributed by atoms with Gasteiger partial charge in [-0.05, 0) is 17.5 Å². The first kappa shape index (κ1) is 14.2. The Kier molecular flexibility index (Phi) is 4.06. The van der Waals surface area contributed by atoms with Gasteiger partial charge in [-0.15, -0.1) is 0 Å². The van der Waals surface area contributed by atoms with Crippen molar-refractivity contribution in [3.63, 3.8) is 0 Å². The van der Waals surface area contributed by atoms with E-state index in [1.807, 2.05) is 20.8 Å². The first-order chi connectivity index (χ1) is 8.20. The monoisotopic (exact) mass is 250 g/mol. The Bertz CT molecular complexity index is 464. The number of anilines is 1. The number of nitrogens with zero attached hydrogens (tertiary/aromatic N) is 2. The van der Waals surface area contributed by atoms with Gasteiger partial charge in [-0.3, -0.25) is 9.69 Å². The number of carboxylic acid groups (broad SMARTS) is 1. The van der Waals surface area contributed by atoms with Gasteiger partial charge in [0.15, 0.2) is 0 Å². The molecule has 0 saturated heterocycles. The zero-order chi connectivity index (χ0) is 13.9. The maximum atomic E-state index is 12.0. The molecule has 0 aliphatic rings. The molecule has 98 valence electrons. The van der Waals surface area contributed by atoms with E-state index in [0.29, 0.717) is 12.2 Å². The third-order valence-corrected chi connectivity index (χ3v) is 2.39. The maximum Gasteiger partial charge on any atom is 0.335 e. The predicted molar refractivity (Wildman–Crippen MR) is 68.7 cm³/mol. The van der Waals surface area contributed by atoms with E-state index in [-0.39, 0.29) is 16.9 Å². The standard InChI is InChI=1S/C13H18N2O3/c1-13(2,3)8-11(16)15(4)10-7-9(12(17)18)5-6-14-10/h5-7H,8H2,1-4H3,(H,17,18). The quantitative estimate of drug-likeness (QED) is 0.892. The first-order valence-electron chi connectivity index (χ1n) is 5.66. The van der Waals surface area contributed by atoms with E-state index >= 15 is 0 Å². The summed E-state index contributed by atoms with van der Waals surface area (Å²) in [6.45, 7) is 5.92. The van der Waals surface area contributed by atoms with E-state index in [0.717, 1.165) is 0 Å². The lowest BCUT2D eigenvalue weighted by molar-refractivity contribution is -0.120. The van der Waals surface area contributed by atoms with E-state index in [1.54, 1.807) is 7.05 Å². The average molecular weight is 250 g/mol. The Hall–Kier alpha value is -1.91. The number of aromatic nitrogens is 1. The molecule has 1 aromatic rings. The first-order valence-corrected chi connectivity index (χ1v) is 5.66. The minimum Gasteiger partial charge on any atom is -0.478 e. The second-order valence-corrected chi connectivity index (χ2v) is 5.40. The molecule has 0 saturated carbocycles. The number of aromatic carboxylic acids is 1. The smallest absolute Gasteiger partial charge is 0.335 e. The Morgan fingerprint density at radius 1 is 1.39 bits per heavy atom. The maximum absolute atomic E-state index is 12.0. The van der Waals surface area contributed by atoms with Crippen LogP contribution in [0.1, 0.15) is 37.6 Å². The van der Waals surface area contributed by atoms with Crippen molar-refractivity contribution in [3.8, 4) is 0 Å². The summed E-state index contributed by atoms with van der Waals surface area (Å²) in [7, 11) is 1.60. The molecule has 0 fully saturated rings. The molecule has 0 aromatic carbocycles. The summed E-state index contributed by atoms with van der Waals surface area (Å²) in [5.41, 5.74) is 0.00542. The molecule has 1 aromatic heterocycles. The zero-order valence-corrected chi connectivity index (χ0v) is 11.1. The fourth-order valence-electron chi connectivity index (χ4n) is 1.43. The molecule has 5 nitrogen and oxygen atoms in total. The van der Waals surface area contributed by atoms with Gasteiger partial charge in [0.2, 0.25) is 5.91 Å². The zero-order valence-electron chi connectivity index (χ0n) is 11.1. The summed E-state index contributed by atoms with van der Waals surface area (Å²) < 4.78 is 0. The number of carboxylic acids is 1. The lowest BCUT2D eigenvalue weighted by atomic mass is 9.92. The number of rotatable bonds is 3. The van der Waals surface area contributed by atoms with Crippen LogP contribution in [0.4, 0.5) is 5.82 Å². The molecule has 1 heterocycles. The van der Waals surface area contributed by atoms with Crippen LogP contribution < -0.4 is 4.90 Å². The van der Waals surface area contributed by atoms with Crippen molar-refractivity contribution in [2.24, 2.45) is 5.41 Å². The number of hydrogen-bond donors (Lipinski definition) is 1. The van der Waals surface area contributed by atoms with E-state index in [9.17, 15) is 9.59 Å². The minimum absolute atomic E-state index is 0.0856.